The molecule has 2 aromatic heterocycles. The summed E-state index contributed by atoms with van der Waals surface area (Å²) in [5, 5.41) is 3.38. The van der Waals surface area contributed by atoms with Crippen LogP contribution >= 0.6 is 11.6 Å². The molecule has 1 fully saturated rings. The maximum Gasteiger partial charge on any atom is 0.413 e. The molecule has 2 aromatic carbocycles. The third-order valence-electron chi connectivity index (χ3n) is 6.91. The summed E-state index contributed by atoms with van der Waals surface area (Å²) in [6, 6.07) is 16.1. The molecule has 204 valence electrons. The highest BCUT2D eigenvalue weighted by Crippen LogP contribution is 2.29. The van der Waals surface area contributed by atoms with Gasteiger partial charge in [0.1, 0.15) is 23.8 Å². The molecule has 0 saturated carbocycles. The number of carbonyl (C=O) groups is 1. The molecule has 1 N–H and O–H groups in total. The number of nitrogens with zero attached hydrogens (tertiary/aromatic N) is 3. The number of fused-ring (bicyclic) bond motifs is 1. The first-order valence-electron chi connectivity index (χ1n) is 13.1. The number of nitrogens with one attached hydrogen (secondary N) is 1. The van der Waals surface area contributed by atoms with Gasteiger partial charge in [-0.2, -0.15) is 0 Å². The molecule has 5 rings (SSSR count). The minimum Gasteiger partial charge on any atom is -0.495 e. The molecule has 1 amide bonds. The minimum atomic E-state index is -0.561. The van der Waals surface area contributed by atoms with Gasteiger partial charge in [-0.05, 0) is 59.4 Å². The van der Waals surface area contributed by atoms with Gasteiger partial charge < -0.3 is 14.2 Å². The van der Waals surface area contributed by atoms with E-state index in [1.807, 2.05) is 30.5 Å². The number of halogens is 1. The van der Waals surface area contributed by atoms with E-state index in [0.717, 1.165) is 66.4 Å². The zero-order valence-corrected chi connectivity index (χ0v) is 23.3. The lowest BCUT2D eigenvalue weighted by Crippen LogP contribution is -2.35. The van der Waals surface area contributed by atoms with Crippen LogP contribution in [0.2, 0.25) is 5.02 Å². The maximum atomic E-state index is 12.8. The lowest BCUT2D eigenvalue weighted by molar-refractivity contribution is 0.0342. The van der Waals surface area contributed by atoms with E-state index in [-0.39, 0.29) is 6.61 Å². The Kier molecular flexibility index (Phi) is 8.35. The van der Waals surface area contributed by atoms with E-state index in [1.165, 1.54) is 5.56 Å². The molecule has 1 aliphatic heterocycles. The van der Waals surface area contributed by atoms with E-state index >= 15 is 0 Å². The van der Waals surface area contributed by atoms with Gasteiger partial charge in [-0.3, -0.25) is 14.6 Å². The summed E-state index contributed by atoms with van der Waals surface area (Å²) in [7, 11) is 1.56. The molecule has 39 heavy (non-hydrogen) atoms. The number of anilines is 1. The Morgan fingerprint density at radius 1 is 1.08 bits per heavy atom. The van der Waals surface area contributed by atoms with Crippen molar-refractivity contribution in [3.8, 4) is 16.9 Å². The molecule has 0 atom stereocenters. The van der Waals surface area contributed by atoms with E-state index in [9.17, 15) is 4.79 Å². The Morgan fingerprint density at radius 2 is 1.82 bits per heavy atom. The number of pyridine rings is 1. The van der Waals surface area contributed by atoms with Crippen molar-refractivity contribution in [1.82, 2.24) is 14.3 Å². The number of ether oxygens (including phenoxy) is 3. The van der Waals surface area contributed by atoms with Gasteiger partial charge in [-0.25, -0.2) is 9.78 Å². The molecule has 4 aromatic rings. The second-order valence-electron chi connectivity index (χ2n) is 9.62. The highest BCUT2D eigenvalue weighted by molar-refractivity contribution is 6.32. The summed E-state index contributed by atoms with van der Waals surface area (Å²) in [6.45, 7) is 8.56. The molecule has 1 aliphatic rings. The predicted octanol–water partition coefficient (Wildman–Crippen LogP) is 6.12. The van der Waals surface area contributed by atoms with Crippen LogP contribution in [0, 0.1) is 6.92 Å². The molecular weight excluding hydrogens is 516 g/mol. The summed E-state index contributed by atoms with van der Waals surface area (Å²) in [5.74, 6) is 1.18. The number of carbonyl (C=O) groups excluding carboxylic acids is 1. The van der Waals surface area contributed by atoms with Gasteiger partial charge in [0.05, 0.1) is 31.0 Å². The third kappa shape index (κ3) is 6.19. The number of benzene rings is 2. The van der Waals surface area contributed by atoms with Gasteiger partial charge >= 0.3 is 6.09 Å². The molecule has 3 heterocycles. The number of aryl methyl sites for hydroxylation is 2. The van der Waals surface area contributed by atoms with E-state index in [0.29, 0.717) is 23.0 Å². The fourth-order valence-corrected chi connectivity index (χ4v) is 5.08. The van der Waals surface area contributed by atoms with Crippen molar-refractivity contribution in [3.63, 3.8) is 0 Å². The summed E-state index contributed by atoms with van der Waals surface area (Å²) >= 11 is 6.20. The Balaban J connectivity index is 1.34. The van der Waals surface area contributed by atoms with Gasteiger partial charge in [0.2, 0.25) is 0 Å². The number of amides is 1. The summed E-state index contributed by atoms with van der Waals surface area (Å²) in [4.78, 5) is 20.0. The lowest BCUT2D eigenvalue weighted by Gasteiger charge is -2.26. The van der Waals surface area contributed by atoms with Crippen LogP contribution in [0.4, 0.5) is 10.6 Å². The highest BCUT2D eigenvalue weighted by atomic mass is 35.5. The first kappa shape index (κ1) is 27.0. The smallest absolute Gasteiger partial charge is 0.413 e. The van der Waals surface area contributed by atoms with Crippen LogP contribution in [-0.4, -0.2) is 53.8 Å². The molecular formula is C30H33ClN4O4. The molecule has 9 heteroatoms. The van der Waals surface area contributed by atoms with Crippen LogP contribution in [0.1, 0.15) is 29.3 Å². The number of methoxy groups -OCH3 is 1. The number of imidazole rings is 1. The van der Waals surface area contributed by atoms with Crippen molar-refractivity contribution in [3.05, 3.63) is 82.1 Å². The van der Waals surface area contributed by atoms with Gasteiger partial charge in [-0.15, -0.1) is 0 Å². The van der Waals surface area contributed by atoms with Crippen molar-refractivity contribution in [2.24, 2.45) is 0 Å². The van der Waals surface area contributed by atoms with Gasteiger partial charge in [0, 0.05) is 25.8 Å². The van der Waals surface area contributed by atoms with Gasteiger partial charge in [0.25, 0.3) is 0 Å². The largest absolute Gasteiger partial charge is 0.495 e. The number of hydrogen-bond donors (Lipinski definition) is 1. The van der Waals surface area contributed by atoms with Crippen LogP contribution in [0.3, 0.4) is 0 Å². The number of rotatable bonds is 8. The molecule has 0 aliphatic carbocycles. The van der Waals surface area contributed by atoms with Crippen molar-refractivity contribution in [2.45, 2.75) is 33.4 Å². The van der Waals surface area contributed by atoms with Gasteiger partial charge in [0.15, 0.2) is 0 Å². The number of aromatic nitrogens is 2. The lowest BCUT2D eigenvalue weighted by atomic mass is 10.0. The van der Waals surface area contributed by atoms with Crippen LogP contribution in [0.15, 0.2) is 54.7 Å². The minimum absolute atomic E-state index is 0.0782. The predicted molar refractivity (Wildman–Crippen MR) is 153 cm³/mol. The average Bonchev–Trinajstić information content (AvgIpc) is 3.30. The standard InChI is InChI=1S/C30H33ClN4O4/c1-4-26-29(33-30(36)39-19-22-7-10-27(37-3)25(31)16-22)35-18-24(15-20(2)28(35)32-26)23-8-5-21(6-9-23)17-34-11-13-38-14-12-34/h5-10,15-16,18H,4,11-14,17,19H2,1-3H3,(H,33,36). The van der Waals surface area contributed by atoms with Gasteiger partial charge in [-0.1, -0.05) is 48.9 Å². The number of hydrogen-bond acceptors (Lipinski definition) is 6. The van der Waals surface area contributed by atoms with Crippen LogP contribution < -0.4 is 10.1 Å². The molecule has 0 bridgehead atoms. The maximum absolute atomic E-state index is 12.8. The van der Waals surface area contributed by atoms with Crippen LogP contribution in [0.5, 0.6) is 5.75 Å². The zero-order valence-electron chi connectivity index (χ0n) is 22.5. The monoisotopic (exact) mass is 548 g/mol. The van der Waals surface area contributed by atoms with E-state index in [1.54, 1.807) is 19.2 Å². The fourth-order valence-electron chi connectivity index (χ4n) is 4.80. The molecule has 0 radical (unpaired) electrons. The van der Waals surface area contributed by atoms with Crippen molar-refractivity contribution >= 4 is 29.2 Å². The first-order chi connectivity index (χ1) is 18.9. The Bertz CT molecular complexity index is 1460. The second-order valence-corrected chi connectivity index (χ2v) is 10.0. The normalized spacial score (nSPS) is 13.9. The molecule has 8 nitrogen and oxygen atoms in total. The van der Waals surface area contributed by atoms with Crippen molar-refractivity contribution in [2.75, 3.05) is 38.7 Å². The second kappa shape index (κ2) is 12.1. The summed E-state index contributed by atoms with van der Waals surface area (Å²) in [5.41, 5.74) is 6.80. The zero-order chi connectivity index (χ0) is 27.4. The van der Waals surface area contributed by atoms with Crippen LogP contribution in [0.25, 0.3) is 16.8 Å². The molecule has 0 unspecified atom stereocenters. The number of morpholine rings is 1. The summed E-state index contributed by atoms with van der Waals surface area (Å²) in [6.07, 6.45) is 2.12. The first-order valence-corrected chi connectivity index (χ1v) is 13.5. The Labute approximate surface area is 233 Å². The average molecular weight is 549 g/mol. The van der Waals surface area contributed by atoms with Crippen molar-refractivity contribution in [1.29, 1.82) is 0 Å². The molecule has 1 saturated heterocycles. The molecule has 0 spiro atoms. The van der Waals surface area contributed by atoms with E-state index in [2.05, 4.69) is 40.5 Å². The van der Waals surface area contributed by atoms with E-state index in [4.69, 9.17) is 30.8 Å². The summed E-state index contributed by atoms with van der Waals surface area (Å²) < 4.78 is 18.1. The highest BCUT2D eigenvalue weighted by Gasteiger charge is 2.18. The van der Waals surface area contributed by atoms with Crippen molar-refractivity contribution < 1.29 is 19.0 Å². The third-order valence-corrected chi connectivity index (χ3v) is 7.21. The quantitative estimate of drug-likeness (QED) is 0.286. The Morgan fingerprint density at radius 3 is 2.51 bits per heavy atom. The fraction of sp³-hybridized carbons (Fsp3) is 0.333. The van der Waals surface area contributed by atoms with E-state index < -0.39 is 6.09 Å². The topological polar surface area (TPSA) is 77.3 Å². The van der Waals surface area contributed by atoms with Crippen LogP contribution in [-0.2, 0) is 29.0 Å². The Hall–Kier alpha value is -3.59. The SMILES string of the molecule is CCc1nc2c(C)cc(-c3ccc(CN4CCOCC4)cc3)cn2c1NC(=O)OCc1ccc(OC)c(Cl)c1.